The van der Waals surface area contributed by atoms with Crippen LogP contribution in [0.3, 0.4) is 0 Å². The van der Waals surface area contributed by atoms with Crippen molar-refractivity contribution in [3.63, 3.8) is 0 Å². The van der Waals surface area contributed by atoms with Gasteiger partial charge in [-0.3, -0.25) is 4.90 Å². The minimum absolute atomic E-state index is 0.145. The van der Waals surface area contributed by atoms with Gasteiger partial charge >= 0.3 is 5.97 Å². The van der Waals surface area contributed by atoms with Crippen molar-refractivity contribution in [3.05, 3.63) is 50.8 Å². The lowest BCUT2D eigenvalue weighted by Crippen LogP contribution is -2.41. The molecule has 2 aromatic carbocycles. The van der Waals surface area contributed by atoms with E-state index in [1.165, 1.54) is 43.2 Å². The van der Waals surface area contributed by atoms with Crippen LogP contribution in [0.15, 0.2) is 6.07 Å². The largest absolute Gasteiger partial charge is 0.490 e. The van der Waals surface area contributed by atoms with Gasteiger partial charge in [-0.2, -0.15) is 0 Å². The van der Waals surface area contributed by atoms with Gasteiger partial charge in [0.05, 0.1) is 12.2 Å². The Morgan fingerprint density at radius 2 is 1.67 bits per heavy atom. The van der Waals surface area contributed by atoms with Gasteiger partial charge in [-0.1, -0.05) is 46.5 Å². The Bertz CT molecular complexity index is 1530. The van der Waals surface area contributed by atoms with Crippen LogP contribution in [0.25, 0.3) is 11.1 Å². The second-order valence-corrected chi connectivity index (χ2v) is 17.2. The summed E-state index contributed by atoms with van der Waals surface area (Å²) in [7, 11) is 0. The number of hydrogen-bond acceptors (Lipinski definition) is 5. The number of halogens is 1. The Balaban J connectivity index is 1.53. The predicted octanol–water partition coefficient (Wildman–Crippen LogP) is 10.3. The van der Waals surface area contributed by atoms with Crippen molar-refractivity contribution >= 4 is 5.97 Å². The standard InChI is InChI=1S/C43H62FNO4/c1-25(2)31-18-17-26(3)22-37(31)48-42(46)41(49-43(7,8)9)39-28(5)32-19-20-45(30-14-11-10-12-15-30)24-35(32)29(6)38(39)34-23-36(44)40-33(27(34)4)16-13-21-47-40/h23,25-26,30-31,37,41H,10-22,24H2,1-9H3/t26-,31+,37-,41+/m1/s1. The Morgan fingerprint density at radius 3 is 2.37 bits per heavy atom. The first kappa shape index (κ1) is 36.4. The molecule has 0 N–H and O–H groups in total. The maximum atomic E-state index is 16.0. The van der Waals surface area contributed by atoms with Crippen LogP contribution in [0, 0.1) is 44.3 Å². The first-order valence-electron chi connectivity index (χ1n) is 19.5. The van der Waals surface area contributed by atoms with E-state index in [0.717, 1.165) is 90.6 Å². The fourth-order valence-corrected chi connectivity index (χ4v) is 9.64. The minimum Gasteiger partial charge on any atom is -0.490 e. The van der Waals surface area contributed by atoms with Crippen molar-refractivity contribution < 1.29 is 23.4 Å². The fraction of sp³-hybridized carbons (Fsp3) is 0.698. The number of hydrogen-bond donors (Lipinski definition) is 0. The normalized spacial score (nSPS) is 24.3. The quantitative estimate of drug-likeness (QED) is 0.274. The molecule has 0 spiro atoms. The SMILES string of the molecule is Cc1c(-c2c(C)c3c(c(C)c2[C@H](OC(C)(C)C)C(=O)O[C@@H]2C[C@H](C)CC[C@H]2C(C)C)CCN(C2CCCCC2)C3)cc(F)c2c1CCCO2. The molecule has 0 aromatic heterocycles. The zero-order chi connectivity index (χ0) is 35.2. The number of esters is 1. The van der Waals surface area contributed by atoms with E-state index in [4.69, 9.17) is 14.2 Å². The van der Waals surface area contributed by atoms with Gasteiger partial charge in [0.15, 0.2) is 17.7 Å². The summed E-state index contributed by atoms with van der Waals surface area (Å²) in [6.45, 7) is 21.7. The molecule has 4 atom stereocenters. The molecule has 49 heavy (non-hydrogen) atoms. The van der Waals surface area contributed by atoms with Crippen molar-refractivity contribution in [3.8, 4) is 16.9 Å². The third kappa shape index (κ3) is 7.47. The van der Waals surface area contributed by atoms with Crippen molar-refractivity contribution in [2.45, 2.75) is 163 Å². The zero-order valence-corrected chi connectivity index (χ0v) is 31.9. The van der Waals surface area contributed by atoms with Crippen molar-refractivity contribution in [1.29, 1.82) is 0 Å². The average Bonchev–Trinajstić information content (AvgIpc) is 3.07. The van der Waals surface area contributed by atoms with E-state index in [1.807, 2.05) is 20.8 Å². The van der Waals surface area contributed by atoms with Crippen LogP contribution in [-0.4, -0.2) is 41.8 Å². The van der Waals surface area contributed by atoms with Gasteiger partial charge in [-0.15, -0.1) is 0 Å². The van der Waals surface area contributed by atoms with Gasteiger partial charge < -0.3 is 14.2 Å². The van der Waals surface area contributed by atoms with Gasteiger partial charge in [0.1, 0.15) is 6.10 Å². The topological polar surface area (TPSA) is 48.0 Å². The summed E-state index contributed by atoms with van der Waals surface area (Å²) in [6, 6.07) is 2.28. The fourth-order valence-electron chi connectivity index (χ4n) is 9.64. The predicted molar refractivity (Wildman–Crippen MR) is 196 cm³/mol. The lowest BCUT2D eigenvalue weighted by molar-refractivity contribution is -0.178. The number of benzene rings is 2. The molecule has 6 heteroatoms. The van der Waals surface area contributed by atoms with Gasteiger partial charge in [0, 0.05) is 30.3 Å². The summed E-state index contributed by atoms with van der Waals surface area (Å²) in [5.74, 6) is 0.996. The Labute approximate surface area is 295 Å². The number of fused-ring (bicyclic) bond motifs is 2. The molecular formula is C43H62FNO4. The van der Waals surface area contributed by atoms with E-state index in [1.54, 1.807) is 6.07 Å². The van der Waals surface area contributed by atoms with Crippen LogP contribution < -0.4 is 4.74 Å². The minimum atomic E-state index is -0.935. The molecule has 6 rings (SSSR count). The zero-order valence-electron chi connectivity index (χ0n) is 31.9. The van der Waals surface area contributed by atoms with Crippen molar-refractivity contribution in [2.75, 3.05) is 13.2 Å². The van der Waals surface area contributed by atoms with Crippen molar-refractivity contribution in [2.24, 2.45) is 17.8 Å². The van der Waals surface area contributed by atoms with Crippen LogP contribution in [0.4, 0.5) is 4.39 Å². The number of carbonyl (C=O) groups excluding carboxylic acids is 1. The second-order valence-electron chi connectivity index (χ2n) is 17.2. The van der Waals surface area contributed by atoms with Gasteiger partial charge in [-0.05, 0) is 149 Å². The molecule has 270 valence electrons. The van der Waals surface area contributed by atoms with Gasteiger partial charge in [0.25, 0.3) is 0 Å². The monoisotopic (exact) mass is 675 g/mol. The van der Waals surface area contributed by atoms with E-state index in [0.29, 0.717) is 36.2 Å². The average molecular weight is 676 g/mol. The number of ether oxygens (including phenoxy) is 3. The molecule has 2 aliphatic carbocycles. The van der Waals surface area contributed by atoms with E-state index in [-0.39, 0.29) is 17.9 Å². The second kappa shape index (κ2) is 14.7. The number of carbonyl (C=O) groups is 1. The lowest BCUT2D eigenvalue weighted by atomic mass is 9.75. The highest BCUT2D eigenvalue weighted by molar-refractivity contribution is 5.86. The highest BCUT2D eigenvalue weighted by Crippen LogP contribution is 2.47. The molecule has 0 bridgehead atoms. The molecule has 2 heterocycles. The van der Waals surface area contributed by atoms with Crippen LogP contribution in [0.2, 0.25) is 0 Å². The molecule has 5 nitrogen and oxygen atoms in total. The van der Waals surface area contributed by atoms with Crippen LogP contribution in [-0.2, 0) is 33.7 Å². The summed E-state index contributed by atoms with van der Waals surface area (Å²) in [5, 5.41) is 0. The third-order valence-corrected chi connectivity index (χ3v) is 12.3. The van der Waals surface area contributed by atoms with Crippen LogP contribution >= 0.6 is 0 Å². The molecule has 0 amide bonds. The van der Waals surface area contributed by atoms with Gasteiger partial charge in [0.2, 0.25) is 0 Å². The van der Waals surface area contributed by atoms with E-state index >= 15 is 4.39 Å². The van der Waals surface area contributed by atoms with Gasteiger partial charge in [-0.25, -0.2) is 9.18 Å². The molecular weight excluding hydrogens is 613 g/mol. The molecule has 0 radical (unpaired) electrons. The summed E-state index contributed by atoms with van der Waals surface area (Å²) in [6.07, 6.45) is 11.1. The van der Waals surface area contributed by atoms with Crippen LogP contribution in [0.1, 0.15) is 144 Å². The molecule has 0 saturated heterocycles. The van der Waals surface area contributed by atoms with E-state index < -0.39 is 11.7 Å². The highest BCUT2D eigenvalue weighted by atomic mass is 19.1. The lowest BCUT2D eigenvalue weighted by Gasteiger charge is -2.41. The van der Waals surface area contributed by atoms with E-state index in [9.17, 15) is 4.79 Å². The number of rotatable bonds is 7. The summed E-state index contributed by atoms with van der Waals surface area (Å²) in [5.41, 5.74) is 8.89. The third-order valence-electron chi connectivity index (χ3n) is 12.3. The molecule has 4 aliphatic rings. The number of nitrogens with zero attached hydrogens (tertiary/aromatic N) is 1. The van der Waals surface area contributed by atoms with E-state index in [2.05, 4.69) is 46.4 Å². The maximum absolute atomic E-state index is 16.0. The van der Waals surface area contributed by atoms with Crippen molar-refractivity contribution in [1.82, 2.24) is 4.90 Å². The summed E-state index contributed by atoms with van der Waals surface area (Å²) < 4.78 is 35.4. The first-order chi connectivity index (χ1) is 23.2. The van der Waals surface area contributed by atoms with Crippen LogP contribution in [0.5, 0.6) is 5.75 Å². The first-order valence-corrected chi connectivity index (χ1v) is 19.5. The molecule has 2 aliphatic heterocycles. The Kier molecular flexibility index (Phi) is 10.9. The highest BCUT2D eigenvalue weighted by Gasteiger charge is 2.40. The summed E-state index contributed by atoms with van der Waals surface area (Å²) >= 11 is 0. The smallest absolute Gasteiger partial charge is 0.340 e. The molecule has 2 fully saturated rings. The molecule has 2 aromatic rings. The Morgan fingerprint density at radius 1 is 0.939 bits per heavy atom. The molecule has 0 unspecified atom stereocenters. The summed E-state index contributed by atoms with van der Waals surface area (Å²) in [4.78, 5) is 17.5. The Hall–Kier alpha value is -2.44. The molecule has 2 saturated carbocycles. The maximum Gasteiger partial charge on any atom is 0.340 e.